The van der Waals surface area contributed by atoms with Gasteiger partial charge in [-0.2, -0.15) is 0 Å². The summed E-state index contributed by atoms with van der Waals surface area (Å²) in [5.74, 6) is 0.781. The topological polar surface area (TPSA) is 15.3 Å². The highest BCUT2D eigenvalue weighted by molar-refractivity contribution is 4.83. The average molecular weight is 268 g/mol. The van der Waals surface area contributed by atoms with Crippen LogP contribution < -0.4 is 5.32 Å². The number of rotatable bonds is 7. The van der Waals surface area contributed by atoms with Crippen molar-refractivity contribution in [3.63, 3.8) is 0 Å². The number of hydrogen-bond acceptors (Lipinski definition) is 2. The van der Waals surface area contributed by atoms with Crippen molar-refractivity contribution in [1.29, 1.82) is 0 Å². The van der Waals surface area contributed by atoms with E-state index in [1.54, 1.807) is 0 Å². The van der Waals surface area contributed by atoms with Gasteiger partial charge in [-0.05, 0) is 44.2 Å². The Kier molecular flexibility index (Phi) is 6.82. The zero-order valence-corrected chi connectivity index (χ0v) is 14.1. The first-order valence-corrected chi connectivity index (χ1v) is 8.26. The van der Waals surface area contributed by atoms with Gasteiger partial charge in [0.15, 0.2) is 0 Å². The molecule has 2 heteroatoms. The van der Waals surface area contributed by atoms with Crippen LogP contribution >= 0.6 is 0 Å². The van der Waals surface area contributed by atoms with Crippen molar-refractivity contribution in [3.8, 4) is 0 Å². The molecule has 0 aliphatic heterocycles. The Hall–Kier alpha value is -0.0800. The minimum absolute atomic E-state index is 0.355. The summed E-state index contributed by atoms with van der Waals surface area (Å²) < 4.78 is 0. The number of nitrogens with one attached hydrogen (secondary N) is 1. The standard InChI is InChI=1S/C17H36N2/c1-14(2)13-19(15-9-7-8-10-15)12-11-16(18-6)17(3,4)5/h14-16,18H,7-13H2,1-6H3. The lowest BCUT2D eigenvalue weighted by Crippen LogP contribution is -2.43. The average Bonchev–Trinajstić information content (AvgIpc) is 2.79. The van der Waals surface area contributed by atoms with Crippen molar-refractivity contribution in [2.45, 2.75) is 78.8 Å². The van der Waals surface area contributed by atoms with Gasteiger partial charge in [0.05, 0.1) is 0 Å². The number of hydrogen-bond donors (Lipinski definition) is 1. The highest BCUT2D eigenvalue weighted by Crippen LogP contribution is 2.26. The van der Waals surface area contributed by atoms with E-state index in [0.717, 1.165) is 12.0 Å². The second kappa shape index (κ2) is 7.64. The van der Waals surface area contributed by atoms with Gasteiger partial charge in [-0.3, -0.25) is 0 Å². The van der Waals surface area contributed by atoms with Crippen LogP contribution in [0.15, 0.2) is 0 Å². The molecule has 0 radical (unpaired) electrons. The van der Waals surface area contributed by atoms with E-state index in [4.69, 9.17) is 0 Å². The summed E-state index contributed by atoms with van der Waals surface area (Å²) in [6.07, 6.45) is 6.99. The first-order chi connectivity index (χ1) is 8.84. The van der Waals surface area contributed by atoms with Gasteiger partial charge in [0.25, 0.3) is 0 Å². The van der Waals surface area contributed by atoms with Gasteiger partial charge in [0, 0.05) is 18.6 Å². The van der Waals surface area contributed by atoms with E-state index in [1.165, 1.54) is 45.2 Å². The highest BCUT2D eigenvalue weighted by atomic mass is 15.2. The van der Waals surface area contributed by atoms with E-state index in [2.05, 4.69) is 51.9 Å². The quantitative estimate of drug-likeness (QED) is 0.753. The molecule has 1 unspecified atom stereocenters. The van der Waals surface area contributed by atoms with E-state index < -0.39 is 0 Å². The molecule has 0 aromatic carbocycles. The molecule has 1 aliphatic carbocycles. The summed E-state index contributed by atoms with van der Waals surface area (Å²) >= 11 is 0. The van der Waals surface area contributed by atoms with Gasteiger partial charge in [-0.15, -0.1) is 0 Å². The Morgan fingerprint density at radius 2 is 1.74 bits per heavy atom. The van der Waals surface area contributed by atoms with E-state index >= 15 is 0 Å². The van der Waals surface area contributed by atoms with Crippen molar-refractivity contribution in [1.82, 2.24) is 10.2 Å². The van der Waals surface area contributed by atoms with Crippen LogP contribution in [0, 0.1) is 11.3 Å². The smallest absolute Gasteiger partial charge is 0.0125 e. The zero-order chi connectivity index (χ0) is 14.5. The van der Waals surface area contributed by atoms with Crippen molar-refractivity contribution in [3.05, 3.63) is 0 Å². The second-order valence-corrected chi connectivity index (χ2v) is 7.82. The fourth-order valence-electron chi connectivity index (χ4n) is 3.47. The predicted molar refractivity (Wildman–Crippen MR) is 85.6 cm³/mol. The predicted octanol–water partition coefficient (Wildman–Crippen LogP) is 3.91. The summed E-state index contributed by atoms with van der Waals surface area (Å²) in [4.78, 5) is 2.77. The summed E-state index contributed by atoms with van der Waals surface area (Å²) in [5, 5.41) is 3.51. The molecule has 1 fully saturated rings. The van der Waals surface area contributed by atoms with Crippen LogP contribution in [-0.2, 0) is 0 Å². The maximum atomic E-state index is 3.51. The van der Waals surface area contributed by atoms with Crippen LogP contribution in [-0.4, -0.2) is 37.1 Å². The molecule has 0 spiro atoms. The monoisotopic (exact) mass is 268 g/mol. The van der Waals surface area contributed by atoms with Gasteiger partial charge in [0.2, 0.25) is 0 Å². The van der Waals surface area contributed by atoms with Crippen LogP contribution in [0.3, 0.4) is 0 Å². The third-order valence-electron chi connectivity index (χ3n) is 4.54. The Labute approximate surface area is 121 Å². The highest BCUT2D eigenvalue weighted by Gasteiger charge is 2.27. The Bertz CT molecular complexity index is 236. The molecular weight excluding hydrogens is 232 g/mol. The third kappa shape index (κ3) is 5.83. The Morgan fingerprint density at radius 3 is 2.16 bits per heavy atom. The fraction of sp³-hybridized carbons (Fsp3) is 1.00. The molecule has 0 saturated heterocycles. The first kappa shape index (κ1) is 17.0. The first-order valence-electron chi connectivity index (χ1n) is 8.26. The zero-order valence-electron chi connectivity index (χ0n) is 14.1. The molecule has 1 saturated carbocycles. The van der Waals surface area contributed by atoms with Gasteiger partial charge >= 0.3 is 0 Å². The molecule has 0 amide bonds. The molecular formula is C17H36N2. The van der Waals surface area contributed by atoms with Crippen molar-refractivity contribution in [2.75, 3.05) is 20.1 Å². The van der Waals surface area contributed by atoms with Crippen molar-refractivity contribution >= 4 is 0 Å². The van der Waals surface area contributed by atoms with E-state index in [0.29, 0.717) is 11.5 Å². The van der Waals surface area contributed by atoms with Crippen molar-refractivity contribution in [2.24, 2.45) is 11.3 Å². The lowest BCUT2D eigenvalue weighted by Gasteiger charge is -2.35. The maximum Gasteiger partial charge on any atom is 0.0125 e. The van der Waals surface area contributed by atoms with Crippen molar-refractivity contribution < 1.29 is 0 Å². The normalized spacial score (nSPS) is 19.6. The molecule has 0 bridgehead atoms. The molecule has 1 atom stereocenters. The fourth-order valence-corrected chi connectivity index (χ4v) is 3.47. The van der Waals surface area contributed by atoms with Crippen LogP contribution in [0.5, 0.6) is 0 Å². The lowest BCUT2D eigenvalue weighted by atomic mass is 9.84. The summed E-state index contributed by atoms with van der Waals surface area (Å²) in [7, 11) is 2.11. The van der Waals surface area contributed by atoms with Gasteiger partial charge in [0.1, 0.15) is 0 Å². The van der Waals surface area contributed by atoms with Crippen LogP contribution in [0.2, 0.25) is 0 Å². The maximum absolute atomic E-state index is 3.51. The molecule has 0 heterocycles. The van der Waals surface area contributed by atoms with E-state index in [-0.39, 0.29) is 0 Å². The van der Waals surface area contributed by atoms with Gasteiger partial charge in [-0.1, -0.05) is 47.5 Å². The summed E-state index contributed by atoms with van der Waals surface area (Å²) in [5.41, 5.74) is 0.355. The lowest BCUT2D eigenvalue weighted by molar-refractivity contribution is 0.152. The minimum Gasteiger partial charge on any atom is -0.316 e. The van der Waals surface area contributed by atoms with E-state index in [9.17, 15) is 0 Å². The van der Waals surface area contributed by atoms with Crippen LogP contribution in [0.25, 0.3) is 0 Å². The molecule has 19 heavy (non-hydrogen) atoms. The molecule has 0 aromatic heterocycles. The van der Waals surface area contributed by atoms with Crippen LogP contribution in [0.4, 0.5) is 0 Å². The number of nitrogens with zero attached hydrogens (tertiary/aromatic N) is 1. The molecule has 2 nitrogen and oxygen atoms in total. The summed E-state index contributed by atoms with van der Waals surface area (Å²) in [6, 6.07) is 1.48. The third-order valence-corrected chi connectivity index (χ3v) is 4.54. The molecule has 1 aliphatic rings. The Balaban J connectivity index is 2.51. The largest absolute Gasteiger partial charge is 0.316 e. The summed E-state index contributed by atoms with van der Waals surface area (Å²) in [6.45, 7) is 14.3. The Morgan fingerprint density at radius 1 is 1.16 bits per heavy atom. The molecule has 114 valence electrons. The molecule has 1 rings (SSSR count). The van der Waals surface area contributed by atoms with Gasteiger partial charge in [-0.25, -0.2) is 0 Å². The van der Waals surface area contributed by atoms with E-state index in [1.807, 2.05) is 0 Å². The molecule has 1 N–H and O–H groups in total. The van der Waals surface area contributed by atoms with Gasteiger partial charge < -0.3 is 10.2 Å². The minimum atomic E-state index is 0.355. The SMILES string of the molecule is CNC(CCN(CC(C)C)C1CCCC1)C(C)(C)C. The molecule has 0 aromatic rings. The van der Waals surface area contributed by atoms with Crippen LogP contribution in [0.1, 0.15) is 66.7 Å². The second-order valence-electron chi connectivity index (χ2n) is 7.82.